The van der Waals surface area contributed by atoms with E-state index in [-0.39, 0.29) is 0 Å². The number of nitrogens with two attached hydrogens (primary N) is 1. The topological polar surface area (TPSA) is 61.0 Å². The number of pyridine rings is 2. The van der Waals surface area contributed by atoms with Crippen molar-refractivity contribution in [3.05, 3.63) is 42.2 Å². The third-order valence-corrected chi connectivity index (χ3v) is 1.92. The molecule has 2 aromatic heterocycles. The summed E-state index contributed by atoms with van der Waals surface area (Å²) in [6.07, 6.45) is 1.72. The molecule has 2 heterocycles. The summed E-state index contributed by atoms with van der Waals surface area (Å²) in [6.45, 7) is 1.88. The summed E-state index contributed by atoms with van der Waals surface area (Å²) in [7, 11) is 0. The summed E-state index contributed by atoms with van der Waals surface area (Å²) >= 11 is 0. The molecule has 2 aromatic rings. The Morgan fingerprint density at radius 1 is 1.20 bits per heavy atom. The van der Waals surface area contributed by atoms with Gasteiger partial charge in [0.2, 0.25) is 5.88 Å². The van der Waals surface area contributed by atoms with Gasteiger partial charge in [0.05, 0.1) is 5.69 Å². The van der Waals surface area contributed by atoms with E-state index in [0.29, 0.717) is 17.4 Å². The maximum absolute atomic E-state index is 5.54. The number of hydrogen-bond acceptors (Lipinski definition) is 4. The fourth-order valence-electron chi connectivity index (χ4n) is 1.18. The SMILES string of the molecule is Cc1ncccc1Oc1cccc(N)n1. The summed E-state index contributed by atoms with van der Waals surface area (Å²) in [5, 5.41) is 0. The highest BCUT2D eigenvalue weighted by molar-refractivity contribution is 5.35. The first-order valence-electron chi connectivity index (χ1n) is 4.58. The Kier molecular flexibility index (Phi) is 2.49. The Hall–Kier alpha value is -2.10. The summed E-state index contributed by atoms with van der Waals surface area (Å²) in [4.78, 5) is 8.15. The van der Waals surface area contributed by atoms with E-state index in [1.165, 1.54) is 0 Å². The molecule has 0 aliphatic carbocycles. The summed E-state index contributed by atoms with van der Waals surface area (Å²) < 4.78 is 5.54. The molecule has 0 saturated heterocycles. The maximum Gasteiger partial charge on any atom is 0.221 e. The zero-order chi connectivity index (χ0) is 10.7. The molecule has 4 nitrogen and oxygen atoms in total. The summed E-state index contributed by atoms with van der Waals surface area (Å²) in [5.74, 6) is 1.61. The van der Waals surface area contributed by atoms with Crippen molar-refractivity contribution in [2.45, 2.75) is 6.92 Å². The molecule has 15 heavy (non-hydrogen) atoms. The zero-order valence-electron chi connectivity index (χ0n) is 8.34. The number of anilines is 1. The van der Waals surface area contributed by atoms with Crippen molar-refractivity contribution in [1.29, 1.82) is 0 Å². The number of rotatable bonds is 2. The molecule has 0 aliphatic rings. The van der Waals surface area contributed by atoms with Crippen molar-refractivity contribution in [2.24, 2.45) is 0 Å². The number of aromatic nitrogens is 2. The molecule has 4 heteroatoms. The molecule has 0 atom stereocenters. The van der Waals surface area contributed by atoms with E-state index < -0.39 is 0 Å². The Balaban J connectivity index is 2.26. The highest BCUT2D eigenvalue weighted by Gasteiger charge is 2.02. The zero-order valence-corrected chi connectivity index (χ0v) is 8.34. The van der Waals surface area contributed by atoms with Crippen LogP contribution < -0.4 is 10.5 Å². The summed E-state index contributed by atoms with van der Waals surface area (Å²) in [5.41, 5.74) is 6.36. The van der Waals surface area contributed by atoms with Gasteiger partial charge < -0.3 is 10.5 Å². The van der Waals surface area contributed by atoms with Gasteiger partial charge in [0.1, 0.15) is 5.82 Å². The monoisotopic (exact) mass is 201 g/mol. The maximum atomic E-state index is 5.54. The van der Waals surface area contributed by atoms with Crippen LogP contribution in [0.1, 0.15) is 5.69 Å². The van der Waals surface area contributed by atoms with Crippen LogP contribution in [0.2, 0.25) is 0 Å². The van der Waals surface area contributed by atoms with Crippen LogP contribution in [0.15, 0.2) is 36.5 Å². The highest BCUT2D eigenvalue weighted by Crippen LogP contribution is 2.21. The van der Waals surface area contributed by atoms with Gasteiger partial charge in [-0.2, -0.15) is 4.98 Å². The molecule has 0 saturated carbocycles. The quantitative estimate of drug-likeness (QED) is 0.808. The fraction of sp³-hybridized carbons (Fsp3) is 0.0909. The predicted octanol–water partition coefficient (Wildman–Crippen LogP) is 2.16. The van der Waals surface area contributed by atoms with E-state index in [9.17, 15) is 0 Å². The highest BCUT2D eigenvalue weighted by atomic mass is 16.5. The van der Waals surface area contributed by atoms with Gasteiger partial charge in [0.25, 0.3) is 0 Å². The van der Waals surface area contributed by atoms with Gasteiger partial charge in [-0.1, -0.05) is 6.07 Å². The minimum Gasteiger partial charge on any atom is -0.437 e. The normalized spacial score (nSPS) is 9.93. The lowest BCUT2D eigenvalue weighted by atomic mass is 10.3. The minimum absolute atomic E-state index is 0.439. The van der Waals surface area contributed by atoms with Crippen LogP contribution in [-0.2, 0) is 0 Å². The smallest absolute Gasteiger partial charge is 0.221 e. The third kappa shape index (κ3) is 2.22. The number of aryl methyl sites for hydroxylation is 1. The third-order valence-electron chi connectivity index (χ3n) is 1.92. The van der Waals surface area contributed by atoms with Crippen LogP contribution >= 0.6 is 0 Å². The lowest BCUT2D eigenvalue weighted by molar-refractivity contribution is 0.457. The van der Waals surface area contributed by atoms with E-state index in [1.807, 2.05) is 19.1 Å². The van der Waals surface area contributed by atoms with Crippen molar-refractivity contribution in [2.75, 3.05) is 5.73 Å². The van der Waals surface area contributed by atoms with E-state index in [1.54, 1.807) is 24.4 Å². The average Bonchev–Trinajstić information content (AvgIpc) is 2.22. The van der Waals surface area contributed by atoms with Gasteiger partial charge in [-0.3, -0.25) is 4.98 Å². The van der Waals surface area contributed by atoms with E-state index in [2.05, 4.69) is 9.97 Å². The van der Waals surface area contributed by atoms with Gasteiger partial charge in [-0.05, 0) is 25.1 Å². The largest absolute Gasteiger partial charge is 0.437 e. The molecular weight excluding hydrogens is 190 g/mol. The molecule has 0 radical (unpaired) electrons. The molecule has 0 bridgehead atoms. The van der Waals surface area contributed by atoms with Crippen LogP contribution in [0.5, 0.6) is 11.6 Å². The number of nitrogen functional groups attached to an aromatic ring is 1. The van der Waals surface area contributed by atoms with Crippen LogP contribution in [0.4, 0.5) is 5.82 Å². The lowest BCUT2D eigenvalue weighted by Gasteiger charge is -2.06. The first-order chi connectivity index (χ1) is 7.25. The van der Waals surface area contributed by atoms with Crippen molar-refractivity contribution < 1.29 is 4.74 Å². The van der Waals surface area contributed by atoms with Crippen LogP contribution in [0.25, 0.3) is 0 Å². The molecule has 0 spiro atoms. The lowest BCUT2D eigenvalue weighted by Crippen LogP contribution is -1.94. The molecule has 0 fully saturated rings. The fourth-order valence-corrected chi connectivity index (χ4v) is 1.18. The van der Waals surface area contributed by atoms with Gasteiger partial charge in [0.15, 0.2) is 5.75 Å². The van der Waals surface area contributed by atoms with Crippen molar-refractivity contribution >= 4 is 5.82 Å². The second kappa shape index (κ2) is 3.96. The second-order valence-corrected chi connectivity index (χ2v) is 3.09. The average molecular weight is 201 g/mol. The molecular formula is C11H11N3O. The van der Waals surface area contributed by atoms with Crippen LogP contribution in [-0.4, -0.2) is 9.97 Å². The number of hydrogen-bond donors (Lipinski definition) is 1. The predicted molar refractivity (Wildman–Crippen MR) is 57.7 cm³/mol. The van der Waals surface area contributed by atoms with Gasteiger partial charge >= 0.3 is 0 Å². The second-order valence-electron chi connectivity index (χ2n) is 3.09. The Morgan fingerprint density at radius 3 is 2.80 bits per heavy atom. The molecule has 0 amide bonds. The molecule has 0 unspecified atom stereocenters. The van der Waals surface area contributed by atoms with Crippen molar-refractivity contribution in [1.82, 2.24) is 9.97 Å². The van der Waals surface area contributed by atoms with E-state index in [0.717, 1.165) is 5.69 Å². The van der Waals surface area contributed by atoms with Gasteiger partial charge in [-0.15, -0.1) is 0 Å². The van der Waals surface area contributed by atoms with Crippen LogP contribution in [0.3, 0.4) is 0 Å². The molecule has 76 valence electrons. The minimum atomic E-state index is 0.439. The van der Waals surface area contributed by atoms with Crippen molar-refractivity contribution in [3.63, 3.8) is 0 Å². The van der Waals surface area contributed by atoms with E-state index in [4.69, 9.17) is 10.5 Å². The standard InChI is InChI=1S/C11H11N3O/c1-8-9(4-3-7-13-8)15-11-6-2-5-10(12)14-11/h2-7H,1H3,(H2,12,14). The molecule has 2 N–H and O–H groups in total. The Morgan fingerprint density at radius 2 is 2.07 bits per heavy atom. The molecule has 0 aliphatic heterocycles. The van der Waals surface area contributed by atoms with E-state index >= 15 is 0 Å². The number of ether oxygens (including phenoxy) is 1. The molecule has 2 rings (SSSR count). The van der Waals surface area contributed by atoms with Crippen LogP contribution in [0, 0.1) is 6.92 Å². The van der Waals surface area contributed by atoms with Gasteiger partial charge in [-0.25, -0.2) is 0 Å². The first-order valence-corrected chi connectivity index (χ1v) is 4.58. The Bertz CT molecular complexity index is 471. The molecule has 0 aromatic carbocycles. The van der Waals surface area contributed by atoms with Crippen molar-refractivity contribution in [3.8, 4) is 11.6 Å². The Labute approximate surface area is 87.7 Å². The van der Waals surface area contributed by atoms with Gasteiger partial charge in [0, 0.05) is 12.3 Å². The summed E-state index contributed by atoms with van der Waals surface area (Å²) in [6, 6.07) is 8.91. The first kappa shape index (κ1) is 9.45. The number of nitrogens with zero attached hydrogens (tertiary/aromatic N) is 2.